The number of aliphatic hydroxyl groups is 3. The number of hydrogen-bond acceptors (Lipinski definition) is 17. The third-order valence-electron chi connectivity index (χ3n) is 7.62. The van der Waals surface area contributed by atoms with Gasteiger partial charge in [-0.25, -0.2) is 44.9 Å². The number of nitrogens with one attached hydrogen (secondary N) is 1. The molecular formula is C32H52BClN17O3. The molecule has 0 amide bonds. The number of alkyl halides is 1. The number of nitrogens with zero attached hydrogens (tertiary/aromatic N) is 12. The summed E-state index contributed by atoms with van der Waals surface area (Å²) in [7, 11) is 3.75. The van der Waals surface area contributed by atoms with Gasteiger partial charge in [-0.2, -0.15) is 0 Å². The fourth-order valence-corrected chi connectivity index (χ4v) is 5.10. The summed E-state index contributed by atoms with van der Waals surface area (Å²) in [6.45, 7) is 3.46. The Labute approximate surface area is 319 Å². The van der Waals surface area contributed by atoms with Crippen LogP contribution in [0.2, 0.25) is 0 Å². The Morgan fingerprint density at radius 1 is 0.500 bits per heavy atom. The van der Waals surface area contributed by atoms with Crippen molar-refractivity contribution in [3.05, 3.63) is 38.0 Å². The van der Waals surface area contributed by atoms with Gasteiger partial charge < -0.3 is 52.0 Å². The predicted molar refractivity (Wildman–Crippen MR) is 210 cm³/mol. The van der Waals surface area contributed by atoms with Crippen molar-refractivity contribution in [2.24, 2.45) is 5.73 Å². The van der Waals surface area contributed by atoms with Gasteiger partial charge >= 0.3 is 13.0 Å². The second-order valence-electron chi connectivity index (χ2n) is 11.4. The maximum atomic E-state index is 8.74. The maximum absolute atomic E-state index is 8.74. The Bertz CT molecular complexity index is 1800. The molecule has 22 heteroatoms. The molecule has 6 aromatic rings. The van der Waals surface area contributed by atoms with Gasteiger partial charge in [0.1, 0.15) is 35.5 Å². The topological polar surface area (TPSA) is 319 Å². The molecule has 12 N–H and O–H groups in total. The molecule has 0 saturated carbocycles. The van der Waals surface area contributed by atoms with Crippen molar-refractivity contribution in [3.63, 3.8) is 0 Å². The van der Waals surface area contributed by atoms with E-state index in [2.05, 4.69) is 52.5 Å². The molecule has 0 aliphatic rings. The van der Waals surface area contributed by atoms with E-state index in [1.807, 2.05) is 9.13 Å². The number of unbranched alkanes of at least 4 members (excludes halogenated alkanes) is 7. The molecular weight excluding hydrogens is 717 g/mol. The Hall–Kier alpha value is -4.96. The first kappa shape index (κ1) is 45.2. The number of rotatable bonds is 16. The van der Waals surface area contributed by atoms with Gasteiger partial charge in [0, 0.05) is 38.7 Å². The van der Waals surface area contributed by atoms with Crippen LogP contribution in [0.1, 0.15) is 57.8 Å². The van der Waals surface area contributed by atoms with Crippen LogP contribution in [0.5, 0.6) is 0 Å². The summed E-state index contributed by atoms with van der Waals surface area (Å²) in [6.07, 6.45) is 19.1. The summed E-state index contributed by atoms with van der Waals surface area (Å²) < 4.78 is 5.61. The molecule has 0 bridgehead atoms. The van der Waals surface area contributed by atoms with Crippen LogP contribution >= 0.6 is 11.6 Å². The molecule has 0 atom stereocenters. The second kappa shape index (κ2) is 26.8. The molecule has 6 heterocycles. The second-order valence-corrected chi connectivity index (χ2v) is 11.8. The van der Waals surface area contributed by atoms with Gasteiger partial charge in [0.2, 0.25) is 0 Å². The van der Waals surface area contributed by atoms with Crippen LogP contribution in [0.4, 0.5) is 17.5 Å². The van der Waals surface area contributed by atoms with E-state index >= 15 is 0 Å². The van der Waals surface area contributed by atoms with Crippen LogP contribution in [0, 0.1) is 5.31 Å². The van der Waals surface area contributed by atoms with Crippen molar-refractivity contribution < 1.29 is 15.3 Å². The number of nitrogen functional groups attached to an aromatic ring is 3. The number of aliphatic hydroxyl groups excluding tert-OH is 3. The first-order valence-electron chi connectivity index (χ1n) is 17.5. The predicted octanol–water partition coefficient (Wildman–Crippen LogP) is 1.81. The minimum atomic E-state index is 0.0510. The van der Waals surface area contributed by atoms with E-state index < -0.39 is 0 Å². The van der Waals surface area contributed by atoms with Crippen LogP contribution in [-0.2, 0) is 19.6 Å². The van der Waals surface area contributed by atoms with E-state index in [-0.39, 0.29) is 6.61 Å². The van der Waals surface area contributed by atoms with Gasteiger partial charge in [-0.1, -0.05) is 25.7 Å². The van der Waals surface area contributed by atoms with E-state index in [0.717, 1.165) is 62.9 Å². The molecule has 0 aliphatic carbocycles. The molecule has 0 unspecified atom stereocenters. The number of anilines is 3. The van der Waals surface area contributed by atoms with Crippen LogP contribution < -0.4 is 22.9 Å². The number of nitrogens with two attached hydrogens (primary N) is 4. The van der Waals surface area contributed by atoms with Gasteiger partial charge in [-0.3, -0.25) is 0 Å². The fraction of sp³-hybridized carbons (Fsp3) is 0.531. The summed E-state index contributed by atoms with van der Waals surface area (Å²) in [5, 5.41) is 30.9. The van der Waals surface area contributed by atoms with Crippen LogP contribution in [0.15, 0.2) is 38.0 Å². The molecule has 6 aromatic heterocycles. The monoisotopic (exact) mass is 768 g/mol. The van der Waals surface area contributed by atoms with Gasteiger partial charge in [0.15, 0.2) is 34.4 Å². The Morgan fingerprint density at radius 2 is 0.870 bits per heavy atom. The average Bonchev–Trinajstić information content (AvgIpc) is 3.93. The standard InChI is InChI=1S/C13H21N5O.C7H8ClN5.C7H9N5O.C5H13NO.BHN/c14-12-11-13(16-9-15-12)18(10-17-11)7-5-3-1-2-4-6-8-19;8-1-2-13-4-12-5-6(9)10-3-11-7(5)13;8-6-5-7(10-3-9-6)12(1-2-13)4-11-5;6-4-2-1-3-5-7;1-2/h9-10,19H,1-8H2,(H2,14,15,16);3-4H,1-2H2,(H2,9,10,11);3-4,13H,1-2H2,(H2,8,9,10);7H,1-6H2;2H. The number of hydrogen-bond donors (Lipinski definition) is 8. The van der Waals surface area contributed by atoms with Crippen molar-refractivity contribution in [1.82, 2.24) is 58.6 Å². The van der Waals surface area contributed by atoms with Gasteiger partial charge in [0.05, 0.1) is 25.6 Å². The zero-order chi connectivity index (χ0) is 39.6. The average molecular weight is 769 g/mol. The molecule has 20 nitrogen and oxygen atoms in total. The zero-order valence-corrected chi connectivity index (χ0v) is 31.2. The molecule has 0 aliphatic heterocycles. The Morgan fingerprint density at radius 3 is 1.26 bits per heavy atom. The third kappa shape index (κ3) is 14.5. The van der Waals surface area contributed by atoms with Crippen molar-refractivity contribution in [3.8, 4) is 0 Å². The molecule has 0 spiro atoms. The summed E-state index contributed by atoms with van der Waals surface area (Å²) in [4.78, 5) is 36.3. The molecule has 54 heavy (non-hydrogen) atoms. The molecule has 0 saturated heterocycles. The van der Waals surface area contributed by atoms with Crippen molar-refractivity contribution >= 4 is 70.2 Å². The quantitative estimate of drug-likeness (QED) is 0.0395. The number of fused-ring (bicyclic) bond motifs is 3. The Balaban J connectivity index is 0.000000257. The van der Waals surface area contributed by atoms with Crippen LogP contribution in [0.3, 0.4) is 0 Å². The molecule has 0 fully saturated rings. The van der Waals surface area contributed by atoms with Crippen molar-refractivity contribution in [1.29, 1.82) is 5.31 Å². The summed E-state index contributed by atoms with van der Waals surface area (Å²) in [5.74, 6) is 1.72. The van der Waals surface area contributed by atoms with E-state index in [1.165, 1.54) is 38.2 Å². The first-order valence-corrected chi connectivity index (χ1v) is 18.0. The SMILES string of the molecule is NCCCCCO.Nc1ncnc2c1ncn2CCCCCCCCO.Nc1ncnc2c1ncn2CCCl.Nc1ncnc2c1ncn2CCO.[B]=N. The molecule has 0 aromatic carbocycles. The number of halogens is 1. The molecule has 1 radical (unpaired) electrons. The van der Waals surface area contributed by atoms with Crippen LogP contribution in [0.25, 0.3) is 33.5 Å². The minimum absolute atomic E-state index is 0.0510. The Kier molecular flexibility index (Phi) is 22.4. The third-order valence-corrected chi connectivity index (χ3v) is 7.79. The van der Waals surface area contributed by atoms with E-state index in [0.29, 0.717) is 71.8 Å². The van der Waals surface area contributed by atoms with Crippen molar-refractivity contribution in [2.75, 3.05) is 49.4 Å². The van der Waals surface area contributed by atoms with E-state index in [9.17, 15) is 0 Å². The molecule has 293 valence electrons. The molecule has 6 rings (SSSR count). The zero-order valence-electron chi connectivity index (χ0n) is 30.5. The van der Waals surface area contributed by atoms with E-state index in [1.54, 1.807) is 23.5 Å². The number of aryl methyl sites for hydroxylation is 2. The summed E-state index contributed by atoms with van der Waals surface area (Å²) >= 11 is 5.61. The first-order chi connectivity index (χ1) is 26.4. The van der Waals surface area contributed by atoms with Gasteiger partial charge in [0.25, 0.3) is 0 Å². The number of imidazole rings is 3. The van der Waals surface area contributed by atoms with Gasteiger partial charge in [-0.05, 0) is 38.6 Å². The van der Waals surface area contributed by atoms with Crippen molar-refractivity contribution in [2.45, 2.75) is 77.4 Å². The normalized spacial score (nSPS) is 10.4. The van der Waals surface area contributed by atoms with Crippen LogP contribution in [-0.4, -0.2) is 114 Å². The summed E-state index contributed by atoms with van der Waals surface area (Å²) in [5.41, 5.74) is 26.2. The number of aromatic nitrogens is 12. The fourth-order valence-electron chi connectivity index (χ4n) is 4.92. The van der Waals surface area contributed by atoms with E-state index in [4.69, 9.17) is 55.2 Å². The van der Waals surface area contributed by atoms with Gasteiger partial charge in [-0.15, -0.1) is 11.6 Å². The summed E-state index contributed by atoms with van der Waals surface area (Å²) in [6, 6.07) is 0.